The van der Waals surface area contributed by atoms with Gasteiger partial charge in [0.1, 0.15) is 17.4 Å². The van der Waals surface area contributed by atoms with Gasteiger partial charge < -0.3 is 4.74 Å². The first-order chi connectivity index (χ1) is 11.0. The molecular formula is C14H5ClF6N2O. The van der Waals surface area contributed by atoms with Crippen LogP contribution in [0.1, 0.15) is 16.7 Å². The van der Waals surface area contributed by atoms with Crippen molar-refractivity contribution in [2.45, 2.75) is 12.4 Å². The minimum absolute atomic E-state index is 0.176. The van der Waals surface area contributed by atoms with Gasteiger partial charge >= 0.3 is 12.4 Å². The molecule has 0 atom stereocenters. The Hall–Kier alpha value is -2.47. The average molecular weight is 367 g/mol. The number of hydrogen-bond donors (Lipinski definition) is 0. The van der Waals surface area contributed by atoms with Crippen LogP contribution in [0, 0.1) is 11.3 Å². The van der Waals surface area contributed by atoms with Crippen LogP contribution in [0.4, 0.5) is 26.3 Å². The van der Waals surface area contributed by atoms with Gasteiger partial charge in [-0.3, -0.25) is 0 Å². The minimum atomic E-state index is -4.88. The molecule has 0 aliphatic carbocycles. The van der Waals surface area contributed by atoms with Crippen LogP contribution in [0.3, 0.4) is 0 Å². The maximum absolute atomic E-state index is 12.9. The lowest BCUT2D eigenvalue weighted by molar-refractivity contribution is -0.138. The molecule has 2 rings (SSSR count). The fourth-order valence-electron chi connectivity index (χ4n) is 1.71. The number of halogens is 7. The Labute approximate surface area is 136 Å². The molecule has 3 nitrogen and oxygen atoms in total. The Morgan fingerprint density at radius 1 is 1.00 bits per heavy atom. The average Bonchev–Trinajstić information content (AvgIpc) is 2.45. The summed E-state index contributed by atoms with van der Waals surface area (Å²) in [6.07, 6.45) is -9.44. The summed E-state index contributed by atoms with van der Waals surface area (Å²) in [5.41, 5.74) is -3.17. The number of ether oxygens (including phenoxy) is 1. The van der Waals surface area contributed by atoms with E-state index >= 15 is 0 Å². The second-order valence-corrected chi connectivity index (χ2v) is 4.77. The number of hydrogen-bond acceptors (Lipinski definition) is 3. The summed E-state index contributed by atoms with van der Waals surface area (Å²) in [6.45, 7) is 0. The van der Waals surface area contributed by atoms with Gasteiger partial charge in [-0.15, -0.1) is 0 Å². The standard InChI is InChI=1S/C14H5ClF6N2O/c15-12-9(6-22)10(14(19,20)21)5-11(23-12)24-8-3-1-7(2-4-8)13(16,17)18/h1-5H. The predicted molar refractivity (Wildman–Crippen MR) is 70.5 cm³/mol. The van der Waals surface area contributed by atoms with Gasteiger partial charge in [-0.25, -0.2) is 0 Å². The largest absolute Gasteiger partial charge is 0.439 e. The molecule has 0 bridgehead atoms. The molecule has 0 saturated carbocycles. The number of pyridine rings is 1. The zero-order valence-electron chi connectivity index (χ0n) is 11.3. The third-order valence-corrected chi connectivity index (χ3v) is 3.05. The quantitative estimate of drug-likeness (QED) is 0.525. The normalized spacial score (nSPS) is 11.9. The molecule has 0 spiro atoms. The van der Waals surface area contributed by atoms with Crippen molar-refractivity contribution in [3.8, 4) is 17.7 Å². The number of rotatable bonds is 2. The van der Waals surface area contributed by atoms with Crippen LogP contribution in [-0.4, -0.2) is 4.98 Å². The zero-order chi connectivity index (χ0) is 18.1. The van der Waals surface area contributed by atoms with E-state index in [2.05, 4.69) is 4.98 Å². The summed E-state index contributed by atoms with van der Waals surface area (Å²) in [5.74, 6) is -0.782. The van der Waals surface area contributed by atoms with Crippen LogP contribution in [-0.2, 0) is 12.4 Å². The zero-order valence-corrected chi connectivity index (χ0v) is 12.1. The third kappa shape index (κ3) is 3.89. The Kier molecular flexibility index (Phi) is 4.62. The third-order valence-electron chi connectivity index (χ3n) is 2.77. The van der Waals surface area contributed by atoms with Crippen molar-refractivity contribution in [3.05, 3.63) is 52.2 Å². The smallest absolute Gasteiger partial charge is 0.417 e. The molecule has 0 aliphatic rings. The first-order valence-corrected chi connectivity index (χ1v) is 6.43. The lowest BCUT2D eigenvalue weighted by atomic mass is 10.1. The van der Waals surface area contributed by atoms with Crippen molar-refractivity contribution in [1.82, 2.24) is 4.98 Å². The van der Waals surface area contributed by atoms with E-state index < -0.39 is 40.1 Å². The maximum atomic E-state index is 12.9. The molecule has 1 aromatic heterocycles. The molecule has 10 heteroatoms. The molecule has 1 aromatic carbocycles. The van der Waals surface area contributed by atoms with E-state index in [4.69, 9.17) is 21.6 Å². The van der Waals surface area contributed by atoms with Crippen molar-refractivity contribution in [2.24, 2.45) is 0 Å². The number of alkyl halides is 6. The molecule has 0 unspecified atom stereocenters. The van der Waals surface area contributed by atoms with Crippen molar-refractivity contribution < 1.29 is 31.1 Å². The van der Waals surface area contributed by atoms with Crippen molar-refractivity contribution >= 4 is 11.6 Å². The highest BCUT2D eigenvalue weighted by Gasteiger charge is 2.36. The highest BCUT2D eigenvalue weighted by Crippen LogP contribution is 2.37. The van der Waals surface area contributed by atoms with Gasteiger partial charge in [-0.2, -0.15) is 36.6 Å². The monoisotopic (exact) mass is 366 g/mol. The number of nitriles is 1. The van der Waals surface area contributed by atoms with Crippen molar-refractivity contribution in [2.75, 3.05) is 0 Å². The minimum Gasteiger partial charge on any atom is -0.439 e. The van der Waals surface area contributed by atoms with E-state index in [-0.39, 0.29) is 5.75 Å². The SMILES string of the molecule is N#Cc1c(C(F)(F)F)cc(Oc2ccc(C(F)(F)F)cc2)nc1Cl. The summed E-state index contributed by atoms with van der Waals surface area (Å²) < 4.78 is 81.0. The highest BCUT2D eigenvalue weighted by atomic mass is 35.5. The number of nitrogens with zero attached hydrogens (tertiary/aromatic N) is 2. The van der Waals surface area contributed by atoms with E-state index in [0.717, 1.165) is 12.1 Å². The molecule has 0 radical (unpaired) electrons. The van der Waals surface area contributed by atoms with Gasteiger partial charge in [0.05, 0.1) is 11.1 Å². The number of benzene rings is 1. The molecule has 0 saturated heterocycles. The van der Waals surface area contributed by atoms with Gasteiger partial charge in [0.15, 0.2) is 5.15 Å². The lowest BCUT2D eigenvalue weighted by Crippen LogP contribution is -2.09. The topological polar surface area (TPSA) is 45.9 Å². The summed E-state index contributed by atoms with van der Waals surface area (Å²) in [5, 5.41) is 8.00. The van der Waals surface area contributed by atoms with Gasteiger partial charge in [-0.1, -0.05) is 11.6 Å². The summed E-state index contributed by atoms with van der Waals surface area (Å²) in [7, 11) is 0. The molecule has 0 amide bonds. The molecule has 24 heavy (non-hydrogen) atoms. The molecule has 126 valence electrons. The van der Waals surface area contributed by atoms with Crippen LogP contribution in [0.15, 0.2) is 30.3 Å². The second kappa shape index (κ2) is 6.20. The second-order valence-electron chi connectivity index (χ2n) is 4.41. The van der Waals surface area contributed by atoms with Crippen LogP contribution >= 0.6 is 11.6 Å². The maximum Gasteiger partial charge on any atom is 0.417 e. The Balaban J connectivity index is 2.37. The molecular weight excluding hydrogens is 362 g/mol. The van der Waals surface area contributed by atoms with Crippen LogP contribution in [0.25, 0.3) is 0 Å². The van der Waals surface area contributed by atoms with Gasteiger partial charge in [0.2, 0.25) is 5.88 Å². The number of aromatic nitrogens is 1. The van der Waals surface area contributed by atoms with E-state index in [1.54, 1.807) is 0 Å². The van der Waals surface area contributed by atoms with E-state index in [0.29, 0.717) is 18.2 Å². The molecule has 2 aromatic rings. The Morgan fingerprint density at radius 3 is 2.04 bits per heavy atom. The first kappa shape index (κ1) is 17.9. The molecule has 0 fully saturated rings. The van der Waals surface area contributed by atoms with Crippen LogP contribution < -0.4 is 4.74 Å². The van der Waals surface area contributed by atoms with Crippen LogP contribution in [0.2, 0.25) is 5.15 Å². The fourth-order valence-corrected chi connectivity index (χ4v) is 1.93. The molecule has 1 heterocycles. The van der Waals surface area contributed by atoms with E-state index in [1.165, 1.54) is 6.07 Å². The van der Waals surface area contributed by atoms with Crippen molar-refractivity contribution in [1.29, 1.82) is 5.26 Å². The highest BCUT2D eigenvalue weighted by molar-refractivity contribution is 6.30. The van der Waals surface area contributed by atoms with Gasteiger partial charge in [-0.05, 0) is 24.3 Å². The Morgan fingerprint density at radius 2 is 1.58 bits per heavy atom. The van der Waals surface area contributed by atoms with Gasteiger partial charge in [0, 0.05) is 6.07 Å². The fraction of sp³-hybridized carbons (Fsp3) is 0.143. The molecule has 0 N–H and O–H groups in total. The van der Waals surface area contributed by atoms with E-state index in [9.17, 15) is 26.3 Å². The predicted octanol–water partition coefficient (Wildman–Crippen LogP) is 5.44. The summed E-state index contributed by atoms with van der Waals surface area (Å²) >= 11 is 5.53. The lowest BCUT2D eigenvalue weighted by Gasteiger charge is -2.12. The molecule has 0 aliphatic heterocycles. The van der Waals surface area contributed by atoms with Crippen LogP contribution in [0.5, 0.6) is 11.6 Å². The Bertz CT molecular complexity index is 793. The van der Waals surface area contributed by atoms with Crippen molar-refractivity contribution in [3.63, 3.8) is 0 Å². The van der Waals surface area contributed by atoms with E-state index in [1.807, 2.05) is 0 Å². The first-order valence-electron chi connectivity index (χ1n) is 6.05. The summed E-state index contributed by atoms with van der Waals surface area (Å²) in [6, 6.07) is 4.98. The summed E-state index contributed by atoms with van der Waals surface area (Å²) in [4.78, 5) is 3.48. The van der Waals surface area contributed by atoms with Gasteiger partial charge in [0.25, 0.3) is 0 Å².